The summed E-state index contributed by atoms with van der Waals surface area (Å²) in [7, 11) is 2.23. The molecule has 84 valence electrons. The third-order valence-corrected chi connectivity index (χ3v) is 3.43. The molecule has 1 unspecified atom stereocenters. The standard InChI is InChI=1S/C12H26N2/c1-5-9-14(4)10-11-12(2,3)7-6-8-13-11/h11,13H,5-10H2,1-4H3. The lowest BCUT2D eigenvalue weighted by Gasteiger charge is -2.41. The van der Waals surface area contributed by atoms with Crippen LogP contribution in [0.2, 0.25) is 0 Å². The van der Waals surface area contributed by atoms with Crippen LogP contribution >= 0.6 is 0 Å². The minimum atomic E-state index is 0.472. The Morgan fingerprint density at radius 1 is 1.43 bits per heavy atom. The quantitative estimate of drug-likeness (QED) is 0.744. The van der Waals surface area contributed by atoms with E-state index in [0.717, 1.165) is 0 Å². The first-order valence-corrected chi connectivity index (χ1v) is 5.98. The number of rotatable bonds is 4. The van der Waals surface area contributed by atoms with E-state index in [4.69, 9.17) is 0 Å². The van der Waals surface area contributed by atoms with Crippen LogP contribution < -0.4 is 5.32 Å². The molecule has 1 rings (SSSR count). The van der Waals surface area contributed by atoms with E-state index in [-0.39, 0.29) is 0 Å². The molecule has 1 N–H and O–H groups in total. The van der Waals surface area contributed by atoms with Crippen LogP contribution in [0.15, 0.2) is 0 Å². The second-order valence-corrected chi connectivity index (χ2v) is 5.36. The second-order valence-electron chi connectivity index (χ2n) is 5.36. The van der Waals surface area contributed by atoms with Crippen molar-refractivity contribution in [3.05, 3.63) is 0 Å². The lowest BCUT2D eigenvalue weighted by molar-refractivity contribution is 0.138. The van der Waals surface area contributed by atoms with Gasteiger partial charge in [0.25, 0.3) is 0 Å². The molecule has 0 aromatic rings. The number of hydrogen-bond acceptors (Lipinski definition) is 2. The Morgan fingerprint density at radius 3 is 2.71 bits per heavy atom. The van der Waals surface area contributed by atoms with Crippen molar-refractivity contribution >= 4 is 0 Å². The minimum Gasteiger partial charge on any atom is -0.312 e. The van der Waals surface area contributed by atoms with Gasteiger partial charge in [0, 0.05) is 12.6 Å². The highest BCUT2D eigenvalue weighted by Crippen LogP contribution is 2.30. The number of likely N-dealkylation sites (N-methyl/N-ethyl adjacent to an activating group) is 1. The van der Waals surface area contributed by atoms with Gasteiger partial charge in [0.1, 0.15) is 0 Å². The topological polar surface area (TPSA) is 15.3 Å². The van der Waals surface area contributed by atoms with Crippen LogP contribution in [0.3, 0.4) is 0 Å². The molecule has 0 radical (unpaired) electrons. The van der Waals surface area contributed by atoms with E-state index in [2.05, 4.69) is 38.0 Å². The van der Waals surface area contributed by atoms with Gasteiger partial charge >= 0.3 is 0 Å². The highest BCUT2D eigenvalue weighted by atomic mass is 15.1. The normalized spacial score (nSPS) is 26.8. The molecule has 1 heterocycles. The molecule has 1 fully saturated rings. The molecule has 2 heteroatoms. The monoisotopic (exact) mass is 198 g/mol. The Morgan fingerprint density at radius 2 is 2.14 bits per heavy atom. The van der Waals surface area contributed by atoms with Crippen LogP contribution in [0.4, 0.5) is 0 Å². The second kappa shape index (κ2) is 5.13. The summed E-state index contributed by atoms with van der Waals surface area (Å²) in [6.07, 6.45) is 3.95. The van der Waals surface area contributed by atoms with Crippen molar-refractivity contribution in [1.29, 1.82) is 0 Å². The molecule has 2 nitrogen and oxygen atoms in total. The number of piperidine rings is 1. The molecular weight excluding hydrogens is 172 g/mol. The van der Waals surface area contributed by atoms with E-state index in [1.165, 1.54) is 38.9 Å². The molecule has 14 heavy (non-hydrogen) atoms. The van der Waals surface area contributed by atoms with Gasteiger partial charge in [-0.2, -0.15) is 0 Å². The molecule has 1 atom stereocenters. The molecule has 1 saturated heterocycles. The van der Waals surface area contributed by atoms with Crippen molar-refractivity contribution in [2.24, 2.45) is 5.41 Å². The van der Waals surface area contributed by atoms with Gasteiger partial charge in [-0.1, -0.05) is 20.8 Å². The first-order valence-electron chi connectivity index (χ1n) is 5.98. The zero-order valence-electron chi connectivity index (χ0n) is 10.3. The van der Waals surface area contributed by atoms with E-state index < -0.39 is 0 Å². The molecule has 0 aromatic heterocycles. The van der Waals surface area contributed by atoms with Gasteiger partial charge in [0.2, 0.25) is 0 Å². The molecule has 0 amide bonds. The van der Waals surface area contributed by atoms with E-state index in [0.29, 0.717) is 11.5 Å². The summed E-state index contributed by atoms with van der Waals surface area (Å²) in [5, 5.41) is 3.66. The predicted octanol–water partition coefficient (Wildman–Crippen LogP) is 2.11. The van der Waals surface area contributed by atoms with Crippen LogP contribution in [0.5, 0.6) is 0 Å². The van der Waals surface area contributed by atoms with Gasteiger partial charge in [0.05, 0.1) is 0 Å². The molecule has 0 saturated carbocycles. The van der Waals surface area contributed by atoms with Crippen LogP contribution in [0, 0.1) is 5.41 Å². The zero-order valence-corrected chi connectivity index (χ0v) is 10.3. The summed E-state index contributed by atoms with van der Waals surface area (Å²) in [4.78, 5) is 2.45. The van der Waals surface area contributed by atoms with E-state index in [1.54, 1.807) is 0 Å². The fraction of sp³-hybridized carbons (Fsp3) is 1.00. The highest BCUT2D eigenvalue weighted by Gasteiger charge is 2.32. The summed E-state index contributed by atoms with van der Waals surface area (Å²) < 4.78 is 0. The number of nitrogens with zero attached hydrogens (tertiary/aromatic N) is 1. The Balaban J connectivity index is 2.41. The maximum absolute atomic E-state index is 3.66. The summed E-state index contributed by atoms with van der Waals surface area (Å²) in [5.74, 6) is 0. The van der Waals surface area contributed by atoms with Crippen molar-refractivity contribution in [3.63, 3.8) is 0 Å². The summed E-state index contributed by atoms with van der Waals surface area (Å²) in [6, 6.07) is 0.674. The van der Waals surface area contributed by atoms with E-state index in [9.17, 15) is 0 Å². The predicted molar refractivity (Wildman–Crippen MR) is 62.6 cm³/mol. The lowest BCUT2D eigenvalue weighted by Crippen LogP contribution is -2.52. The fourth-order valence-electron chi connectivity index (χ4n) is 2.37. The molecule has 0 bridgehead atoms. The van der Waals surface area contributed by atoms with Gasteiger partial charge in [-0.25, -0.2) is 0 Å². The maximum Gasteiger partial charge on any atom is 0.0245 e. The highest BCUT2D eigenvalue weighted by molar-refractivity contribution is 4.89. The van der Waals surface area contributed by atoms with Crippen LogP contribution in [-0.4, -0.2) is 37.6 Å². The smallest absolute Gasteiger partial charge is 0.0245 e. The Labute approximate surface area is 89.1 Å². The number of nitrogens with one attached hydrogen (secondary N) is 1. The average Bonchev–Trinajstić information content (AvgIpc) is 2.09. The molecule has 1 aliphatic heterocycles. The van der Waals surface area contributed by atoms with Gasteiger partial charge in [0.15, 0.2) is 0 Å². The minimum absolute atomic E-state index is 0.472. The van der Waals surface area contributed by atoms with Gasteiger partial charge in [-0.05, 0) is 44.8 Å². The maximum atomic E-state index is 3.66. The van der Waals surface area contributed by atoms with Crippen LogP contribution in [0.1, 0.15) is 40.0 Å². The summed E-state index contributed by atoms with van der Waals surface area (Å²) >= 11 is 0. The third-order valence-electron chi connectivity index (χ3n) is 3.43. The van der Waals surface area contributed by atoms with Crippen LogP contribution in [-0.2, 0) is 0 Å². The van der Waals surface area contributed by atoms with Crippen molar-refractivity contribution in [2.45, 2.75) is 46.1 Å². The Hall–Kier alpha value is -0.0800. The third kappa shape index (κ3) is 3.25. The lowest BCUT2D eigenvalue weighted by atomic mass is 9.77. The SMILES string of the molecule is CCCN(C)CC1NCCCC1(C)C. The van der Waals surface area contributed by atoms with Gasteiger partial charge in [-0.15, -0.1) is 0 Å². The fourth-order valence-corrected chi connectivity index (χ4v) is 2.37. The van der Waals surface area contributed by atoms with Crippen molar-refractivity contribution in [3.8, 4) is 0 Å². The Bertz CT molecular complexity index is 166. The zero-order chi connectivity index (χ0) is 10.6. The first-order chi connectivity index (χ1) is 6.56. The van der Waals surface area contributed by atoms with E-state index >= 15 is 0 Å². The molecule has 1 aliphatic rings. The molecule has 0 aliphatic carbocycles. The Kier molecular flexibility index (Phi) is 4.39. The molecule has 0 aromatic carbocycles. The first kappa shape index (κ1) is 12.0. The van der Waals surface area contributed by atoms with Gasteiger partial charge < -0.3 is 10.2 Å². The van der Waals surface area contributed by atoms with Crippen molar-refractivity contribution in [2.75, 3.05) is 26.7 Å². The van der Waals surface area contributed by atoms with Crippen molar-refractivity contribution in [1.82, 2.24) is 10.2 Å². The molecule has 0 spiro atoms. The van der Waals surface area contributed by atoms with E-state index in [1.807, 2.05) is 0 Å². The summed E-state index contributed by atoms with van der Waals surface area (Å²) in [5.41, 5.74) is 0.472. The largest absolute Gasteiger partial charge is 0.312 e. The van der Waals surface area contributed by atoms with Crippen molar-refractivity contribution < 1.29 is 0 Å². The number of hydrogen-bond donors (Lipinski definition) is 1. The molecular formula is C12H26N2. The summed E-state index contributed by atoms with van der Waals surface area (Å²) in [6.45, 7) is 10.6. The van der Waals surface area contributed by atoms with Gasteiger partial charge in [-0.3, -0.25) is 0 Å². The van der Waals surface area contributed by atoms with Crippen LogP contribution in [0.25, 0.3) is 0 Å². The average molecular weight is 198 g/mol.